The third-order valence-electron chi connectivity index (χ3n) is 5.16. The molecule has 0 atom stereocenters. The molecule has 0 radical (unpaired) electrons. The van der Waals surface area contributed by atoms with E-state index in [0.29, 0.717) is 16.5 Å². The van der Waals surface area contributed by atoms with Crippen LogP contribution in [0.3, 0.4) is 0 Å². The summed E-state index contributed by atoms with van der Waals surface area (Å²) in [4.78, 5) is 41.9. The van der Waals surface area contributed by atoms with Gasteiger partial charge in [-0.3, -0.25) is 19.0 Å². The summed E-state index contributed by atoms with van der Waals surface area (Å²) in [6.07, 6.45) is -2.16. The molecule has 0 spiro atoms. The van der Waals surface area contributed by atoms with Gasteiger partial charge in [-0.15, -0.1) is 0 Å². The minimum atomic E-state index is -4.64. The number of benzene rings is 3. The second-order valence-electron chi connectivity index (χ2n) is 7.76. The van der Waals surface area contributed by atoms with Crippen molar-refractivity contribution in [1.82, 2.24) is 9.55 Å². The fourth-order valence-electron chi connectivity index (χ4n) is 3.36. The van der Waals surface area contributed by atoms with Gasteiger partial charge in [0.2, 0.25) is 0 Å². The van der Waals surface area contributed by atoms with Crippen LogP contribution in [0.5, 0.6) is 0 Å². The van der Waals surface area contributed by atoms with Crippen molar-refractivity contribution in [2.45, 2.75) is 12.7 Å². The molecule has 0 aliphatic carbocycles. The quantitative estimate of drug-likeness (QED) is 0.214. The molecule has 4 aromatic rings. The highest BCUT2D eigenvalue weighted by Crippen LogP contribution is 2.31. The zero-order valence-corrected chi connectivity index (χ0v) is 19.1. The van der Waals surface area contributed by atoms with Crippen LogP contribution in [0.2, 0.25) is 0 Å². The molecule has 0 N–H and O–H groups in total. The van der Waals surface area contributed by atoms with Crippen LogP contribution in [0.25, 0.3) is 10.9 Å². The van der Waals surface area contributed by atoms with E-state index in [1.165, 1.54) is 18.6 Å². The molecular formula is C26H19F3N4O4. The van der Waals surface area contributed by atoms with Gasteiger partial charge in [-0.1, -0.05) is 48.5 Å². The molecule has 1 aromatic heterocycles. The van der Waals surface area contributed by atoms with Gasteiger partial charge in [-0.25, -0.2) is 4.98 Å². The van der Waals surface area contributed by atoms with Gasteiger partial charge in [0.1, 0.15) is 6.54 Å². The zero-order chi connectivity index (χ0) is 26.4. The van der Waals surface area contributed by atoms with E-state index >= 15 is 0 Å². The van der Waals surface area contributed by atoms with Gasteiger partial charge in [0.05, 0.1) is 34.7 Å². The van der Waals surface area contributed by atoms with Crippen LogP contribution in [0.15, 0.2) is 95.1 Å². The van der Waals surface area contributed by atoms with Crippen molar-refractivity contribution in [3.8, 4) is 0 Å². The fourth-order valence-corrected chi connectivity index (χ4v) is 3.36. The lowest BCUT2D eigenvalue weighted by molar-refractivity contribution is -0.148. The molecular weight excluding hydrogens is 489 g/mol. The Morgan fingerprint density at radius 1 is 1.00 bits per heavy atom. The van der Waals surface area contributed by atoms with Crippen LogP contribution in [0, 0.1) is 0 Å². The van der Waals surface area contributed by atoms with E-state index in [9.17, 15) is 27.6 Å². The number of hydrazone groups is 1. The van der Waals surface area contributed by atoms with E-state index in [-0.39, 0.29) is 5.69 Å². The SMILES string of the molecule is O=C(Cn1cnc2ccccc2c1=O)OCC(=O)N(/N=C/c1ccccc1)c1cccc(C(F)(F)F)c1. The van der Waals surface area contributed by atoms with Crippen LogP contribution in [0.4, 0.5) is 18.9 Å². The molecule has 1 heterocycles. The Bertz CT molecular complexity index is 1520. The first kappa shape index (κ1) is 25.3. The van der Waals surface area contributed by atoms with Crippen LogP contribution in [0.1, 0.15) is 11.1 Å². The standard InChI is InChI=1S/C26H19F3N4O4/c27-26(28,29)19-9-6-10-20(13-19)33(31-14-18-7-2-1-3-8-18)23(34)16-37-24(35)15-32-17-30-22-12-5-4-11-21(22)25(32)36/h1-14,17H,15-16H2/b31-14+. The summed E-state index contributed by atoms with van der Waals surface area (Å²) in [5.41, 5.74) is -0.560. The lowest BCUT2D eigenvalue weighted by Crippen LogP contribution is -2.32. The van der Waals surface area contributed by atoms with Crippen LogP contribution >= 0.6 is 0 Å². The summed E-state index contributed by atoms with van der Waals surface area (Å²) in [5.74, 6) is -1.81. The summed E-state index contributed by atoms with van der Waals surface area (Å²) in [5, 5.41) is 5.06. The predicted octanol–water partition coefficient (Wildman–Crippen LogP) is 4.03. The maximum atomic E-state index is 13.2. The Hall–Kier alpha value is -4.80. The Balaban J connectivity index is 1.51. The molecule has 0 bridgehead atoms. The molecule has 1 amide bonds. The molecule has 0 aliphatic rings. The lowest BCUT2D eigenvalue weighted by atomic mass is 10.2. The number of ether oxygens (including phenoxy) is 1. The van der Waals surface area contributed by atoms with E-state index in [2.05, 4.69) is 10.1 Å². The molecule has 0 saturated carbocycles. The van der Waals surface area contributed by atoms with Crippen molar-refractivity contribution >= 4 is 34.7 Å². The highest BCUT2D eigenvalue weighted by molar-refractivity contribution is 5.96. The van der Waals surface area contributed by atoms with Gasteiger partial charge < -0.3 is 4.74 Å². The molecule has 188 valence electrons. The van der Waals surface area contributed by atoms with E-state index in [1.807, 2.05) is 0 Å². The van der Waals surface area contributed by atoms with E-state index < -0.39 is 42.3 Å². The maximum Gasteiger partial charge on any atom is 0.416 e. The van der Waals surface area contributed by atoms with Crippen LogP contribution < -0.4 is 10.6 Å². The summed E-state index contributed by atoms with van der Waals surface area (Å²) in [6, 6.07) is 19.2. The third-order valence-corrected chi connectivity index (χ3v) is 5.16. The first-order valence-electron chi connectivity index (χ1n) is 10.9. The molecule has 8 nitrogen and oxygen atoms in total. The Labute approximate surface area is 208 Å². The number of para-hydroxylation sites is 1. The molecule has 0 unspecified atom stereocenters. The van der Waals surface area contributed by atoms with Crippen LogP contribution in [-0.4, -0.2) is 34.2 Å². The lowest BCUT2D eigenvalue weighted by Gasteiger charge is -2.18. The number of aromatic nitrogens is 2. The zero-order valence-electron chi connectivity index (χ0n) is 19.1. The van der Waals surface area contributed by atoms with Gasteiger partial charge in [-0.2, -0.15) is 23.3 Å². The number of hydrogen-bond acceptors (Lipinski definition) is 6. The summed E-state index contributed by atoms with van der Waals surface area (Å²) < 4.78 is 45.7. The summed E-state index contributed by atoms with van der Waals surface area (Å²) in [6.45, 7) is -1.34. The largest absolute Gasteiger partial charge is 0.454 e. The molecule has 37 heavy (non-hydrogen) atoms. The van der Waals surface area contributed by atoms with Crippen molar-refractivity contribution in [3.63, 3.8) is 0 Å². The molecule has 11 heteroatoms. The Morgan fingerprint density at radius 3 is 2.49 bits per heavy atom. The molecule has 0 fully saturated rings. The smallest absolute Gasteiger partial charge is 0.416 e. The molecule has 0 saturated heterocycles. The van der Waals surface area contributed by atoms with Gasteiger partial charge >= 0.3 is 12.1 Å². The topological polar surface area (TPSA) is 93.9 Å². The number of carbonyl (C=O) groups excluding carboxylic acids is 2. The minimum Gasteiger partial charge on any atom is -0.454 e. The van der Waals surface area contributed by atoms with Crippen molar-refractivity contribution in [1.29, 1.82) is 0 Å². The normalized spacial score (nSPS) is 11.5. The molecule has 3 aromatic carbocycles. The highest BCUT2D eigenvalue weighted by atomic mass is 19.4. The van der Waals surface area contributed by atoms with Crippen molar-refractivity contribution in [3.05, 3.63) is 107 Å². The molecule has 0 aliphatic heterocycles. The second-order valence-corrected chi connectivity index (χ2v) is 7.76. The second kappa shape index (κ2) is 10.9. The number of anilines is 1. The average molecular weight is 508 g/mol. The first-order valence-corrected chi connectivity index (χ1v) is 10.9. The predicted molar refractivity (Wildman–Crippen MR) is 130 cm³/mol. The third kappa shape index (κ3) is 6.26. The number of rotatable bonds is 7. The van der Waals surface area contributed by atoms with Gasteiger partial charge in [0, 0.05) is 0 Å². The number of nitrogens with zero attached hydrogens (tertiary/aromatic N) is 4. The number of alkyl halides is 3. The monoisotopic (exact) mass is 508 g/mol. The Morgan fingerprint density at radius 2 is 1.73 bits per heavy atom. The van der Waals surface area contributed by atoms with Gasteiger partial charge in [0.15, 0.2) is 6.61 Å². The number of esters is 1. The van der Waals surface area contributed by atoms with E-state index in [1.54, 1.807) is 54.6 Å². The molecule has 4 rings (SSSR count). The number of amides is 1. The first-order chi connectivity index (χ1) is 17.7. The highest BCUT2D eigenvalue weighted by Gasteiger charge is 2.31. The van der Waals surface area contributed by atoms with Crippen molar-refractivity contribution in [2.24, 2.45) is 5.10 Å². The van der Waals surface area contributed by atoms with E-state index in [0.717, 1.165) is 27.8 Å². The number of hydrogen-bond donors (Lipinski definition) is 0. The fraction of sp³-hybridized carbons (Fsp3) is 0.115. The number of fused-ring (bicyclic) bond motifs is 1. The number of carbonyl (C=O) groups is 2. The Kier molecular flexibility index (Phi) is 7.42. The van der Waals surface area contributed by atoms with Crippen LogP contribution in [-0.2, 0) is 27.0 Å². The average Bonchev–Trinajstić information content (AvgIpc) is 2.90. The minimum absolute atomic E-state index is 0.169. The summed E-state index contributed by atoms with van der Waals surface area (Å²) in [7, 11) is 0. The van der Waals surface area contributed by atoms with Crippen molar-refractivity contribution < 1.29 is 27.5 Å². The van der Waals surface area contributed by atoms with Crippen molar-refractivity contribution in [2.75, 3.05) is 11.6 Å². The van der Waals surface area contributed by atoms with Gasteiger partial charge in [-0.05, 0) is 35.9 Å². The van der Waals surface area contributed by atoms with E-state index in [4.69, 9.17) is 4.74 Å². The van der Waals surface area contributed by atoms with Gasteiger partial charge in [0.25, 0.3) is 11.5 Å². The summed E-state index contributed by atoms with van der Waals surface area (Å²) >= 11 is 0. The maximum absolute atomic E-state index is 13.2. The number of halogens is 3.